The van der Waals surface area contributed by atoms with Crippen LogP contribution < -0.4 is 0 Å². The van der Waals surface area contributed by atoms with Gasteiger partial charge in [-0.2, -0.15) is 5.26 Å². The number of methoxy groups -OCH3 is 1. The predicted octanol–water partition coefficient (Wildman–Crippen LogP) is 4.15. The normalized spacial score (nSPS) is 11.2. The first-order chi connectivity index (χ1) is 12.8. The summed E-state index contributed by atoms with van der Waals surface area (Å²) in [7, 11) is 1.27. The van der Waals surface area contributed by atoms with Crippen molar-refractivity contribution in [2.45, 2.75) is 33.3 Å². The van der Waals surface area contributed by atoms with Crippen LogP contribution in [0.3, 0.4) is 0 Å². The quantitative estimate of drug-likeness (QED) is 0.433. The second-order valence-electron chi connectivity index (χ2n) is 6.24. The molecule has 6 heteroatoms. The second kappa shape index (κ2) is 8.86. The fourth-order valence-corrected chi connectivity index (χ4v) is 2.42. The molecule has 0 saturated carbocycles. The van der Waals surface area contributed by atoms with E-state index in [1.165, 1.54) is 24.8 Å². The largest absolute Gasteiger partial charge is 0.465 e. The van der Waals surface area contributed by atoms with Crippen LogP contribution in [0.4, 0.5) is 0 Å². The molecule has 27 heavy (non-hydrogen) atoms. The number of carbonyl (C=O) groups is 2. The number of aryl methyl sites for hydroxylation is 1. The number of carbonyl (C=O) groups excluding carboxylic acids is 2. The molecule has 1 heterocycles. The van der Waals surface area contributed by atoms with E-state index in [4.69, 9.17) is 9.15 Å². The number of esters is 2. The maximum atomic E-state index is 12.2. The minimum Gasteiger partial charge on any atom is -0.465 e. The lowest BCUT2D eigenvalue weighted by Gasteiger charge is -2.05. The second-order valence-corrected chi connectivity index (χ2v) is 6.24. The average molecular weight is 367 g/mol. The number of hydrogen-bond acceptors (Lipinski definition) is 6. The van der Waals surface area contributed by atoms with Gasteiger partial charge in [0.2, 0.25) is 0 Å². The molecule has 0 amide bonds. The van der Waals surface area contributed by atoms with Gasteiger partial charge < -0.3 is 13.9 Å². The van der Waals surface area contributed by atoms with Crippen molar-refractivity contribution < 1.29 is 23.5 Å². The van der Waals surface area contributed by atoms with E-state index in [0.717, 1.165) is 5.56 Å². The molecular weight excluding hydrogens is 346 g/mol. The smallest absolute Gasteiger partial charge is 0.349 e. The Morgan fingerprint density at radius 3 is 2.48 bits per heavy atom. The summed E-state index contributed by atoms with van der Waals surface area (Å²) in [6.45, 7) is 5.59. The Morgan fingerprint density at radius 2 is 1.93 bits per heavy atom. The van der Waals surface area contributed by atoms with Gasteiger partial charge in [-0.1, -0.05) is 38.1 Å². The van der Waals surface area contributed by atoms with E-state index in [-0.39, 0.29) is 17.7 Å². The summed E-state index contributed by atoms with van der Waals surface area (Å²) in [5, 5.41) is 9.25. The number of ether oxygens (including phenoxy) is 2. The van der Waals surface area contributed by atoms with Crippen LogP contribution >= 0.6 is 0 Å². The predicted molar refractivity (Wildman–Crippen MR) is 98.7 cm³/mol. The summed E-state index contributed by atoms with van der Waals surface area (Å²) in [5.74, 6) is -0.237. The lowest BCUT2D eigenvalue weighted by atomic mass is 10.0. The monoisotopic (exact) mass is 367 g/mol. The van der Waals surface area contributed by atoms with E-state index in [0.29, 0.717) is 17.4 Å². The van der Waals surface area contributed by atoms with E-state index in [2.05, 4.69) is 18.6 Å². The number of nitriles is 1. The summed E-state index contributed by atoms with van der Waals surface area (Å²) in [5.41, 5.74) is 2.05. The van der Waals surface area contributed by atoms with Gasteiger partial charge in [0.05, 0.1) is 7.11 Å². The van der Waals surface area contributed by atoms with E-state index >= 15 is 0 Å². The average Bonchev–Trinajstić information content (AvgIpc) is 3.04. The summed E-state index contributed by atoms with van der Waals surface area (Å²) < 4.78 is 15.1. The van der Waals surface area contributed by atoms with Gasteiger partial charge in [0.15, 0.2) is 0 Å². The lowest BCUT2D eigenvalue weighted by Crippen LogP contribution is -2.06. The van der Waals surface area contributed by atoms with Gasteiger partial charge >= 0.3 is 11.9 Å². The van der Waals surface area contributed by atoms with Crippen molar-refractivity contribution in [1.29, 1.82) is 5.26 Å². The zero-order valence-corrected chi connectivity index (χ0v) is 15.7. The molecule has 0 aliphatic rings. The fourth-order valence-electron chi connectivity index (χ4n) is 2.42. The van der Waals surface area contributed by atoms with Gasteiger partial charge in [0.25, 0.3) is 0 Å². The highest BCUT2D eigenvalue weighted by atomic mass is 16.5. The van der Waals surface area contributed by atoms with Crippen molar-refractivity contribution in [1.82, 2.24) is 0 Å². The molecule has 0 spiro atoms. The molecule has 0 aliphatic heterocycles. The lowest BCUT2D eigenvalue weighted by molar-refractivity contribution is -0.140. The van der Waals surface area contributed by atoms with Gasteiger partial charge in [-0.05, 0) is 36.1 Å². The fraction of sp³-hybridized carbons (Fsp3) is 0.286. The number of furan rings is 1. The molecule has 0 radical (unpaired) electrons. The number of hydrogen-bond donors (Lipinski definition) is 0. The molecule has 2 rings (SSSR count). The molecule has 0 bridgehead atoms. The molecule has 2 aromatic rings. The zero-order chi connectivity index (χ0) is 20.0. The maximum Gasteiger partial charge on any atom is 0.349 e. The molecule has 140 valence electrons. The molecule has 0 atom stereocenters. The number of benzene rings is 1. The standard InChI is InChI=1S/C21H21NO5/c1-13(2)16-7-5-15(6-8-16)9-17(11-22)20(23)26-12-18-10-19(14(3)27-18)21(24)25-4/h5-10,13H,12H2,1-4H3/b17-9+. The van der Waals surface area contributed by atoms with Crippen LogP contribution in [0.2, 0.25) is 0 Å². The molecule has 0 aliphatic carbocycles. The Labute approximate surface area is 158 Å². The Balaban J connectivity index is 2.07. The summed E-state index contributed by atoms with van der Waals surface area (Å²) >= 11 is 0. The Bertz CT molecular complexity index is 898. The van der Waals surface area contributed by atoms with Gasteiger partial charge in [0.1, 0.15) is 35.3 Å². The molecule has 1 aromatic heterocycles. The Kier molecular flexibility index (Phi) is 6.56. The van der Waals surface area contributed by atoms with Crippen LogP contribution in [0, 0.1) is 18.3 Å². The third-order valence-corrected chi connectivity index (χ3v) is 3.97. The maximum absolute atomic E-state index is 12.2. The SMILES string of the molecule is COC(=O)c1cc(COC(=O)/C(C#N)=C/c2ccc(C(C)C)cc2)oc1C. The number of nitrogens with zero attached hydrogens (tertiary/aromatic N) is 1. The van der Waals surface area contributed by atoms with Crippen LogP contribution in [0.15, 0.2) is 40.3 Å². The highest BCUT2D eigenvalue weighted by molar-refractivity contribution is 5.97. The van der Waals surface area contributed by atoms with Crippen LogP contribution in [0.5, 0.6) is 0 Å². The molecular formula is C21H21NO5. The van der Waals surface area contributed by atoms with Gasteiger partial charge in [-0.3, -0.25) is 0 Å². The van der Waals surface area contributed by atoms with E-state index in [1.54, 1.807) is 6.92 Å². The highest BCUT2D eigenvalue weighted by Gasteiger charge is 2.17. The molecule has 1 aromatic carbocycles. The van der Waals surface area contributed by atoms with Gasteiger partial charge in [-0.25, -0.2) is 9.59 Å². The minimum absolute atomic E-state index is 0.122. The first-order valence-electron chi connectivity index (χ1n) is 8.42. The van der Waals surface area contributed by atoms with Gasteiger partial charge in [0, 0.05) is 0 Å². The number of rotatable bonds is 6. The molecule has 0 unspecified atom stereocenters. The summed E-state index contributed by atoms with van der Waals surface area (Å²) in [6.07, 6.45) is 1.47. The van der Waals surface area contributed by atoms with Gasteiger partial charge in [-0.15, -0.1) is 0 Å². The van der Waals surface area contributed by atoms with E-state index in [1.807, 2.05) is 30.3 Å². The van der Waals surface area contributed by atoms with Crippen LogP contribution in [0.1, 0.15) is 52.8 Å². The van der Waals surface area contributed by atoms with Crippen molar-refractivity contribution >= 4 is 18.0 Å². The Hall–Kier alpha value is -3.33. The third kappa shape index (κ3) is 5.08. The highest BCUT2D eigenvalue weighted by Crippen LogP contribution is 2.18. The van der Waals surface area contributed by atoms with E-state index in [9.17, 15) is 14.9 Å². The molecule has 0 saturated heterocycles. The summed E-state index contributed by atoms with van der Waals surface area (Å²) in [6, 6.07) is 10.9. The molecule has 0 N–H and O–H groups in total. The first kappa shape index (κ1) is 20.0. The van der Waals surface area contributed by atoms with Crippen LogP contribution in [-0.4, -0.2) is 19.0 Å². The van der Waals surface area contributed by atoms with Crippen molar-refractivity contribution in [3.05, 3.63) is 64.1 Å². The first-order valence-corrected chi connectivity index (χ1v) is 8.42. The zero-order valence-electron chi connectivity index (χ0n) is 15.7. The van der Waals surface area contributed by atoms with Crippen LogP contribution in [-0.2, 0) is 20.9 Å². The minimum atomic E-state index is -0.765. The summed E-state index contributed by atoms with van der Waals surface area (Å²) in [4.78, 5) is 23.7. The van der Waals surface area contributed by atoms with Crippen molar-refractivity contribution in [2.24, 2.45) is 0 Å². The van der Waals surface area contributed by atoms with E-state index < -0.39 is 11.9 Å². The molecule has 6 nitrogen and oxygen atoms in total. The van der Waals surface area contributed by atoms with Crippen LogP contribution in [0.25, 0.3) is 6.08 Å². The topological polar surface area (TPSA) is 89.5 Å². The Morgan fingerprint density at radius 1 is 1.26 bits per heavy atom. The third-order valence-electron chi connectivity index (χ3n) is 3.97. The van der Waals surface area contributed by atoms with Crippen molar-refractivity contribution in [2.75, 3.05) is 7.11 Å². The van der Waals surface area contributed by atoms with Crippen molar-refractivity contribution in [3.8, 4) is 6.07 Å². The van der Waals surface area contributed by atoms with Crippen molar-refractivity contribution in [3.63, 3.8) is 0 Å². The molecule has 0 fully saturated rings.